The monoisotopic (exact) mass is 958 g/mol. The van der Waals surface area contributed by atoms with E-state index in [1.165, 1.54) is 77.0 Å². The highest BCUT2D eigenvalue weighted by molar-refractivity contribution is 5.80. The topological polar surface area (TPSA) is 175 Å². The van der Waals surface area contributed by atoms with Crippen molar-refractivity contribution in [2.45, 2.75) is 262 Å². The van der Waals surface area contributed by atoms with Gasteiger partial charge in [-0.25, -0.2) is 0 Å². The lowest BCUT2D eigenvalue weighted by Gasteiger charge is -2.41. The fraction of sp³-hybridized carbons (Fsp3) is 0.754. The van der Waals surface area contributed by atoms with E-state index in [0.717, 1.165) is 89.9 Å². The Morgan fingerprint density at radius 1 is 0.574 bits per heavy atom. The lowest BCUT2D eigenvalue weighted by atomic mass is 9.99. The zero-order valence-electron chi connectivity index (χ0n) is 43.0. The maximum Gasteiger partial charge on any atom is 0.306 e. The van der Waals surface area contributed by atoms with Gasteiger partial charge in [0.1, 0.15) is 24.4 Å². The molecule has 0 radical (unpaired) electrons. The van der Waals surface area contributed by atoms with Crippen molar-refractivity contribution in [1.82, 2.24) is 5.32 Å². The van der Waals surface area contributed by atoms with Crippen LogP contribution in [0.15, 0.2) is 72.9 Å². The first-order valence-electron chi connectivity index (χ1n) is 27.2. The van der Waals surface area contributed by atoms with Crippen molar-refractivity contribution in [3.05, 3.63) is 72.9 Å². The van der Waals surface area contributed by atoms with E-state index in [0.29, 0.717) is 12.8 Å². The summed E-state index contributed by atoms with van der Waals surface area (Å²) in [4.78, 5) is 26.3. The number of hydrogen-bond donors (Lipinski definition) is 6. The van der Waals surface area contributed by atoms with Gasteiger partial charge < -0.3 is 45.1 Å². The van der Waals surface area contributed by atoms with Crippen LogP contribution in [-0.2, 0) is 23.8 Å². The normalized spacial score (nSPS) is 20.5. The van der Waals surface area contributed by atoms with Crippen molar-refractivity contribution in [2.24, 2.45) is 0 Å². The molecule has 1 aliphatic rings. The minimum absolute atomic E-state index is 0.104. The molecule has 1 fully saturated rings. The van der Waals surface area contributed by atoms with Gasteiger partial charge in [0.2, 0.25) is 5.91 Å². The van der Waals surface area contributed by atoms with E-state index in [4.69, 9.17) is 14.2 Å². The second-order valence-electron chi connectivity index (χ2n) is 18.6. The second kappa shape index (κ2) is 45.3. The number of carbonyl (C=O) groups excluding carboxylic acids is 2. The van der Waals surface area contributed by atoms with Gasteiger partial charge in [-0.2, -0.15) is 0 Å². The highest BCUT2D eigenvalue weighted by Gasteiger charge is 2.47. The molecular formula is C57H99NO10. The lowest BCUT2D eigenvalue weighted by molar-refractivity contribution is -0.305. The van der Waals surface area contributed by atoms with E-state index < -0.39 is 67.4 Å². The van der Waals surface area contributed by atoms with Crippen LogP contribution < -0.4 is 5.32 Å². The van der Waals surface area contributed by atoms with Crippen LogP contribution in [0.1, 0.15) is 213 Å². The molecule has 1 heterocycles. The van der Waals surface area contributed by atoms with Gasteiger partial charge in [0.25, 0.3) is 0 Å². The number of nitrogens with one attached hydrogen (secondary N) is 1. The summed E-state index contributed by atoms with van der Waals surface area (Å²) in [6, 6.07) is -1.05. The molecule has 8 atom stereocenters. The largest absolute Gasteiger partial charge is 0.454 e. The highest BCUT2D eigenvalue weighted by Crippen LogP contribution is 2.26. The van der Waals surface area contributed by atoms with Gasteiger partial charge in [0.05, 0.1) is 25.4 Å². The summed E-state index contributed by atoms with van der Waals surface area (Å²) in [5, 5.41) is 56.6. The molecule has 68 heavy (non-hydrogen) atoms. The van der Waals surface area contributed by atoms with Gasteiger partial charge >= 0.3 is 5.97 Å². The van der Waals surface area contributed by atoms with Crippen LogP contribution in [0.5, 0.6) is 0 Å². The molecular weight excluding hydrogens is 859 g/mol. The van der Waals surface area contributed by atoms with Crippen molar-refractivity contribution in [2.75, 3.05) is 13.2 Å². The van der Waals surface area contributed by atoms with Gasteiger partial charge in [0.15, 0.2) is 12.4 Å². The summed E-state index contributed by atoms with van der Waals surface area (Å²) in [6.45, 7) is 5.64. The number of carbonyl (C=O) groups is 2. The summed E-state index contributed by atoms with van der Waals surface area (Å²) >= 11 is 0. The Kier molecular flexibility index (Phi) is 42.0. The van der Waals surface area contributed by atoms with E-state index in [1.54, 1.807) is 6.08 Å². The number of ether oxygens (including phenoxy) is 3. The van der Waals surface area contributed by atoms with Gasteiger partial charge in [-0.3, -0.25) is 9.59 Å². The number of aliphatic hydroxyl groups is 5. The maximum atomic E-state index is 13.3. The number of allylic oxidation sites excluding steroid dienone is 11. The smallest absolute Gasteiger partial charge is 0.306 e. The number of amides is 1. The number of aliphatic hydroxyl groups excluding tert-OH is 5. The van der Waals surface area contributed by atoms with Crippen molar-refractivity contribution >= 4 is 11.9 Å². The van der Waals surface area contributed by atoms with Crippen LogP contribution in [0.25, 0.3) is 0 Å². The van der Waals surface area contributed by atoms with Crippen LogP contribution in [-0.4, -0.2) is 99.6 Å². The molecule has 11 heteroatoms. The predicted octanol–water partition coefficient (Wildman–Crippen LogP) is 11.7. The highest BCUT2D eigenvalue weighted by atomic mass is 16.7. The Morgan fingerprint density at radius 2 is 1.03 bits per heavy atom. The Morgan fingerprint density at radius 3 is 1.60 bits per heavy atom. The Bertz CT molecular complexity index is 1380. The van der Waals surface area contributed by atoms with Crippen LogP contribution >= 0.6 is 0 Å². The third-order valence-corrected chi connectivity index (χ3v) is 12.3. The SMILES string of the molecule is CCCC/C=C\CCCCCCCC(=O)OC1C(OCC(NC(=O)C(O)CC/C=C\C/C=C\C/C=C\C/C=C\CCCCC)C(O)/C=C/CCCCCCCCCCCC)OC(CO)C(O)C1O. The van der Waals surface area contributed by atoms with E-state index in [1.807, 2.05) is 18.2 Å². The molecule has 8 unspecified atom stereocenters. The summed E-state index contributed by atoms with van der Waals surface area (Å²) in [5.41, 5.74) is 0. The molecule has 0 aliphatic carbocycles. The fourth-order valence-corrected chi connectivity index (χ4v) is 7.91. The van der Waals surface area contributed by atoms with Gasteiger partial charge in [-0.05, 0) is 83.5 Å². The molecule has 1 saturated heterocycles. The van der Waals surface area contributed by atoms with E-state index in [2.05, 4.69) is 74.7 Å². The molecule has 11 nitrogen and oxygen atoms in total. The Balaban J connectivity index is 2.82. The van der Waals surface area contributed by atoms with Crippen molar-refractivity contribution in [1.29, 1.82) is 0 Å². The average molecular weight is 958 g/mol. The molecule has 0 spiro atoms. The predicted molar refractivity (Wildman–Crippen MR) is 278 cm³/mol. The van der Waals surface area contributed by atoms with Gasteiger partial charge in [-0.15, -0.1) is 0 Å². The fourth-order valence-electron chi connectivity index (χ4n) is 7.91. The van der Waals surface area contributed by atoms with Crippen LogP contribution in [0.4, 0.5) is 0 Å². The molecule has 1 amide bonds. The number of rotatable bonds is 44. The number of esters is 1. The minimum Gasteiger partial charge on any atom is -0.454 e. The van der Waals surface area contributed by atoms with Crippen molar-refractivity contribution < 1.29 is 49.3 Å². The number of hydrogen-bond acceptors (Lipinski definition) is 10. The average Bonchev–Trinajstić information content (AvgIpc) is 3.33. The molecule has 1 rings (SSSR count). The Labute approximate surface area is 413 Å². The first-order chi connectivity index (χ1) is 33.2. The molecule has 0 aromatic heterocycles. The standard InChI is InChI=1S/C57H99NO10/c1-4-7-10-13-16-19-22-24-25-26-27-30-32-35-38-41-44-50(61)56(65)58-48(49(60)43-40-37-34-31-29-23-20-17-14-11-8-5-2)47-66-57-55(54(64)53(63)51(46-59)67-57)68-52(62)45-42-39-36-33-28-21-18-15-12-9-6-3/h15-16,18-19,24-25,27,30,35,38,40,43,48-51,53-55,57,59-61,63-64H,4-14,17,20-23,26,28-29,31-34,36-37,39,41-42,44-47H2,1-3H3,(H,58,65)/b18-15-,19-16-,25-24-,30-27-,38-35-,43-40+. The third kappa shape index (κ3) is 33.6. The van der Waals surface area contributed by atoms with E-state index in [-0.39, 0.29) is 19.4 Å². The summed E-state index contributed by atoms with van der Waals surface area (Å²) in [5.74, 6) is -1.27. The molecule has 0 bridgehead atoms. The third-order valence-electron chi connectivity index (χ3n) is 12.3. The lowest BCUT2D eigenvalue weighted by Crippen LogP contribution is -2.61. The van der Waals surface area contributed by atoms with E-state index >= 15 is 0 Å². The molecule has 6 N–H and O–H groups in total. The minimum atomic E-state index is -1.63. The first-order valence-corrected chi connectivity index (χ1v) is 27.2. The van der Waals surface area contributed by atoms with Crippen LogP contribution in [0.2, 0.25) is 0 Å². The van der Waals surface area contributed by atoms with E-state index in [9.17, 15) is 35.1 Å². The zero-order valence-corrected chi connectivity index (χ0v) is 43.0. The van der Waals surface area contributed by atoms with Crippen molar-refractivity contribution in [3.63, 3.8) is 0 Å². The Hall–Kier alpha value is -2.90. The molecule has 0 aromatic rings. The first kappa shape index (κ1) is 63.1. The van der Waals surface area contributed by atoms with Crippen LogP contribution in [0, 0.1) is 0 Å². The molecule has 392 valence electrons. The summed E-state index contributed by atoms with van der Waals surface area (Å²) < 4.78 is 17.5. The van der Waals surface area contributed by atoms with Crippen molar-refractivity contribution in [3.8, 4) is 0 Å². The maximum absolute atomic E-state index is 13.3. The van der Waals surface area contributed by atoms with Gasteiger partial charge in [-0.1, -0.05) is 196 Å². The molecule has 0 saturated carbocycles. The quantitative estimate of drug-likeness (QED) is 0.0196. The van der Waals surface area contributed by atoms with Crippen LogP contribution in [0.3, 0.4) is 0 Å². The second-order valence-corrected chi connectivity index (χ2v) is 18.6. The molecule has 0 aromatic carbocycles. The zero-order chi connectivity index (χ0) is 49.7. The number of unbranched alkanes of at least 4 members (excludes halogenated alkanes) is 20. The molecule has 1 aliphatic heterocycles. The summed E-state index contributed by atoms with van der Waals surface area (Å²) in [6.07, 6.45) is 45.3. The van der Waals surface area contributed by atoms with Gasteiger partial charge in [0, 0.05) is 6.42 Å². The summed E-state index contributed by atoms with van der Waals surface area (Å²) in [7, 11) is 0.